The SMILES string of the molecule is CCNC(C)(C)C(=O)Nc1cccc(NC(C)=O)c1. The number of carbonyl (C=O) groups excluding carboxylic acids is 2. The second kappa shape index (κ2) is 6.33. The van der Waals surface area contributed by atoms with Gasteiger partial charge in [0.1, 0.15) is 0 Å². The highest BCUT2D eigenvalue weighted by atomic mass is 16.2. The number of nitrogens with one attached hydrogen (secondary N) is 3. The van der Waals surface area contributed by atoms with Crippen molar-refractivity contribution < 1.29 is 9.59 Å². The highest BCUT2D eigenvalue weighted by Gasteiger charge is 2.26. The van der Waals surface area contributed by atoms with Gasteiger partial charge in [-0.1, -0.05) is 13.0 Å². The summed E-state index contributed by atoms with van der Waals surface area (Å²) in [6.07, 6.45) is 0. The third-order valence-corrected chi connectivity index (χ3v) is 2.63. The van der Waals surface area contributed by atoms with Gasteiger partial charge in [0.05, 0.1) is 5.54 Å². The molecule has 0 unspecified atom stereocenters. The predicted molar refractivity (Wildman–Crippen MR) is 77.1 cm³/mol. The monoisotopic (exact) mass is 263 g/mol. The Morgan fingerprint density at radius 2 is 1.74 bits per heavy atom. The summed E-state index contributed by atoms with van der Waals surface area (Å²) in [5.74, 6) is -0.259. The number of hydrogen-bond donors (Lipinski definition) is 3. The predicted octanol–water partition coefficient (Wildman–Crippen LogP) is 1.97. The quantitative estimate of drug-likeness (QED) is 0.760. The number of benzene rings is 1. The van der Waals surface area contributed by atoms with Crippen molar-refractivity contribution in [3.05, 3.63) is 24.3 Å². The van der Waals surface area contributed by atoms with Crippen LogP contribution in [0.5, 0.6) is 0 Å². The maximum atomic E-state index is 12.1. The van der Waals surface area contributed by atoms with E-state index in [0.717, 1.165) is 0 Å². The van der Waals surface area contributed by atoms with Crippen LogP contribution in [0.2, 0.25) is 0 Å². The van der Waals surface area contributed by atoms with Crippen LogP contribution < -0.4 is 16.0 Å². The van der Waals surface area contributed by atoms with E-state index in [2.05, 4.69) is 16.0 Å². The van der Waals surface area contributed by atoms with Gasteiger partial charge in [0, 0.05) is 18.3 Å². The fourth-order valence-corrected chi connectivity index (χ4v) is 1.69. The normalized spacial score (nSPS) is 10.9. The summed E-state index contributed by atoms with van der Waals surface area (Å²) in [6.45, 7) is 7.76. The van der Waals surface area contributed by atoms with Gasteiger partial charge in [-0.05, 0) is 38.6 Å². The zero-order valence-electron chi connectivity index (χ0n) is 11.8. The largest absolute Gasteiger partial charge is 0.326 e. The minimum atomic E-state index is -0.640. The summed E-state index contributed by atoms with van der Waals surface area (Å²) in [7, 11) is 0. The summed E-state index contributed by atoms with van der Waals surface area (Å²) in [6, 6.07) is 7.06. The summed E-state index contributed by atoms with van der Waals surface area (Å²) in [5.41, 5.74) is 0.674. The Bertz CT molecular complexity index is 470. The molecular weight excluding hydrogens is 242 g/mol. The molecule has 0 aliphatic rings. The maximum Gasteiger partial charge on any atom is 0.244 e. The Hall–Kier alpha value is -1.88. The van der Waals surface area contributed by atoms with E-state index in [4.69, 9.17) is 0 Å². The minimum absolute atomic E-state index is 0.116. The van der Waals surface area contributed by atoms with E-state index in [1.54, 1.807) is 24.3 Å². The fraction of sp³-hybridized carbons (Fsp3) is 0.429. The summed E-state index contributed by atoms with van der Waals surface area (Å²) in [4.78, 5) is 23.1. The van der Waals surface area contributed by atoms with Crippen molar-refractivity contribution >= 4 is 23.2 Å². The Kier molecular flexibility index (Phi) is 5.06. The molecule has 1 rings (SSSR count). The molecule has 0 saturated heterocycles. The van der Waals surface area contributed by atoms with Gasteiger partial charge in [0.25, 0.3) is 0 Å². The van der Waals surface area contributed by atoms with E-state index in [9.17, 15) is 9.59 Å². The van der Waals surface area contributed by atoms with Crippen LogP contribution in [-0.4, -0.2) is 23.9 Å². The van der Waals surface area contributed by atoms with Crippen molar-refractivity contribution in [3.8, 4) is 0 Å². The lowest BCUT2D eigenvalue weighted by Crippen LogP contribution is -2.49. The average Bonchev–Trinajstić information content (AvgIpc) is 2.28. The molecule has 0 spiro atoms. The van der Waals surface area contributed by atoms with Gasteiger partial charge >= 0.3 is 0 Å². The molecule has 0 aliphatic heterocycles. The van der Waals surface area contributed by atoms with Crippen LogP contribution in [-0.2, 0) is 9.59 Å². The third kappa shape index (κ3) is 4.71. The molecule has 0 radical (unpaired) electrons. The standard InChI is InChI=1S/C14H21N3O2/c1-5-15-14(3,4)13(19)17-12-8-6-7-11(9-12)16-10(2)18/h6-9,15H,5H2,1-4H3,(H,16,18)(H,17,19). The molecular formula is C14H21N3O2. The van der Waals surface area contributed by atoms with Crippen LogP contribution in [0.4, 0.5) is 11.4 Å². The Labute approximate surface area is 113 Å². The molecule has 0 heterocycles. The second-order valence-corrected chi connectivity index (χ2v) is 4.87. The lowest BCUT2D eigenvalue weighted by Gasteiger charge is -2.24. The van der Waals surface area contributed by atoms with Crippen molar-refractivity contribution in [2.45, 2.75) is 33.2 Å². The van der Waals surface area contributed by atoms with E-state index < -0.39 is 5.54 Å². The molecule has 0 aliphatic carbocycles. The number of hydrogen-bond acceptors (Lipinski definition) is 3. The fourth-order valence-electron chi connectivity index (χ4n) is 1.69. The lowest BCUT2D eigenvalue weighted by molar-refractivity contribution is -0.121. The first kappa shape index (κ1) is 15.2. The third-order valence-electron chi connectivity index (χ3n) is 2.63. The van der Waals surface area contributed by atoms with E-state index in [1.165, 1.54) is 6.92 Å². The topological polar surface area (TPSA) is 70.2 Å². The van der Waals surface area contributed by atoms with Crippen LogP contribution >= 0.6 is 0 Å². The Balaban J connectivity index is 2.77. The molecule has 104 valence electrons. The smallest absolute Gasteiger partial charge is 0.244 e. The van der Waals surface area contributed by atoms with Gasteiger partial charge < -0.3 is 16.0 Å². The summed E-state index contributed by atoms with van der Waals surface area (Å²) in [5, 5.41) is 8.61. The first-order valence-corrected chi connectivity index (χ1v) is 6.29. The van der Waals surface area contributed by atoms with Crippen LogP contribution in [0.25, 0.3) is 0 Å². The van der Waals surface area contributed by atoms with Crippen molar-refractivity contribution in [2.24, 2.45) is 0 Å². The molecule has 0 saturated carbocycles. The Morgan fingerprint density at radius 3 is 2.26 bits per heavy atom. The number of likely N-dealkylation sites (N-methyl/N-ethyl adjacent to an activating group) is 1. The van der Waals surface area contributed by atoms with Crippen LogP contribution in [0.3, 0.4) is 0 Å². The molecule has 0 bridgehead atoms. The molecule has 0 fully saturated rings. The van der Waals surface area contributed by atoms with E-state index in [1.807, 2.05) is 20.8 Å². The molecule has 2 amide bonds. The van der Waals surface area contributed by atoms with Gasteiger partial charge in [-0.15, -0.1) is 0 Å². The van der Waals surface area contributed by atoms with Gasteiger partial charge in [0.2, 0.25) is 11.8 Å². The van der Waals surface area contributed by atoms with E-state index in [-0.39, 0.29) is 11.8 Å². The minimum Gasteiger partial charge on any atom is -0.326 e. The van der Waals surface area contributed by atoms with Crippen molar-refractivity contribution in [3.63, 3.8) is 0 Å². The first-order valence-electron chi connectivity index (χ1n) is 6.29. The van der Waals surface area contributed by atoms with E-state index in [0.29, 0.717) is 17.9 Å². The van der Waals surface area contributed by atoms with Crippen molar-refractivity contribution in [2.75, 3.05) is 17.2 Å². The zero-order valence-corrected chi connectivity index (χ0v) is 11.8. The molecule has 3 N–H and O–H groups in total. The average molecular weight is 263 g/mol. The first-order chi connectivity index (χ1) is 8.85. The molecule has 1 aromatic rings. The molecule has 5 heteroatoms. The highest BCUT2D eigenvalue weighted by molar-refractivity contribution is 5.98. The van der Waals surface area contributed by atoms with Gasteiger partial charge in [-0.2, -0.15) is 0 Å². The molecule has 0 atom stereocenters. The molecule has 19 heavy (non-hydrogen) atoms. The van der Waals surface area contributed by atoms with Crippen molar-refractivity contribution in [1.82, 2.24) is 5.32 Å². The van der Waals surface area contributed by atoms with Crippen molar-refractivity contribution in [1.29, 1.82) is 0 Å². The molecule has 0 aromatic heterocycles. The highest BCUT2D eigenvalue weighted by Crippen LogP contribution is 2.16. The van der Waals surface area contributed by atoms with Crippen LogP contribution in [0, 0.1) is 0 Å². The Morgan fingerprint density at radius 1 is 1.16 bits per heavy atom. The maximum absolute atomic E-state index is 12.1. The van der Waals surface area contributed by atoms with Gasteiger partial charge in [-0.3, -0.25) is 9.59 Å². The van der Waals surface area contributed by atoms with Gasteiger partial charge in [0.15, 0.2) is 0 Å². The molecule has 1 aromatic carbocycles. The number of amides is 2. The van der Waals surface area contributed by atoms with Crippen LogP contribution in [0.15, 0.2) is 24.3 Å². The summed E-state index contributed by atoms with van der Waals surface area (Å²) < 4.78 is 0. The van der Waals surface area contributed by atoms with E-state index >= 15 is 0 Å². The molecule has 5 nitrogen and oxygen atoms in total. The van der Waals surface area contributed by atoms with Gasteiger partial charge in [-0.25, -0.2) is 0 Å². The second-order valence-electron chi connectivity index (χ2n) is 4.87. The lowest BCUT2D eigenvalue weighted by atomic mass is 10.0. The zero-order chi connectivity index (χ0) is 14.5. The van der Waals surface area contributed by atoms with Crippen LogP contribution in [0.1, 0.15) is 27.7 Å². The number of carbonyl (C=O) groups is 2. The number of anilines is 2. The summed E-state index contributed by atoms with van der Waals surface area (Å²) >= 11 is 0. The number of rotatable bonds is 5.